The highest BCUT2D eigenvalue weighted by molar-refractivity contribution is 5.97. The van der Waals surface area contributed by atoms with Crippen LogP contribution in [0.2, 0.25) is 0 Å². The number of ether oxygens (including phenoxy) is 1. The number of esters is 1. The Bertz CT molecular complexity index is 1050. The van der Waals surface area contributed by atoms with Crippen LogP contribution in [0, 0.1) is 13.8 Å². The van der Waals surface area contributed by atoms with Gasteiger partial charge in [-0.25, -0.2) is 4.79 Å². The third-order valence-corrected chi connectivity index (χ3v) is 4.75. The summed E-state index contributed by atoms with van der Waals surface area (Å²) < 4.78 is 5.13. The molecule has 0 saturated carbocycles. The largest absolute Gasteiger partial charge is 0.451 e. The molecule has 0 aliphatic rings. The van der Waals surface area contributed by atoms with E-state index < -0.39 is 24.5 Å². The van der Waals surface area contributed by atoms with E-state index in [4.69, 9.17) is 4.74 Å². The molecule has 6 heteroatoms. The van der Waals surface area contributed by atoms with Crippen LogP contribution < -0.4 is 5.32 Å². The average Bonchev–Trinajstić information content (AvgIpc) is 3.11. The van der Waals surface area contributed by atoms with E-state index in [0.717, 1.165) is 27.6 Å². The molecule has 29 heavy (non-hydrogen) atoms. The molecule has 0 spiro atoms. The molecular weight excluding hydrogens is 368 g/mol. The number of aromatic amines is 1. The summed E-state index contributed by atoms with van der Waals surface area (Å²) in [6.07, 6.45) is 0.385. The van der Waals surface area contributed by atoms with Crippen molar-refractivity contribution in [3.63, 3.8) is 0 Å². The second kappa shape index (κ2) is 8.73. The van der Waals surface area contributed by atoms with Crippen molar-refractivity contribution < 1.29 is 19.1 Å². The van der Waals surface area contributed by atoms with Gasteiger partial charge >= 0.3 is 5.97 Å². The third kappa shape index (κ3) is 5.10. The highest BCUT2D eigenvalue weighted by atomic mass is 16.5. The Morgan fingerprint density at radius 2 is 1.79 bits per heavy atom. The molecule has 1 unspecified atom stereocenters. The van der Waals surface area contributed by atoms with Gasteiger partial charge in [0, 0.05) is 10.9 Å². The molecule has 3 aromatic rings. The minimum Gasteiger partial charge on any atom is -0.451 e. The maximum absolute atomic E-state index is 12.3. The first-order chi connectivity index (χ1) is 13.8. The summed E-state index contributed by atoms with van der Waals surface area (Å²) >= 11 is 0. The number of hydrogen-bond donors (Lipinski definition) is 2. The van der Waals surface area contributed by atoms with E-state index in [-0.39, 0.29) is 11.5 Å². The number of aromatic nitrogens is 1. The molecule has 0 radical (unpaired) electrons. The number of benzene rings is 2. The van der Waals surface area contributed by atoms with Gasteiger partial charge in [-0.15, -0.1) is 0 Å². The van der Waals surface area contributed by atoms with Gasteiger partial charge in [0.05, 0.1) is 6.04 Å². The van der Waals surface area contributed by atoms with Gasteiger partial charge in [0.15, 0.2) is 12.4 Å². The number of rotatable bonds is 7. The monoisotopic (exact) mass is 392 g/mol. The van der Waals surface area contributed by atoms with Crippen molar-refractivity contribution in [3.05, 3.63) is 70.9 Å². The van der Waals surface area contributed by atoms with Crippen molar-refractivity contribution in [2.75, 3.05) is 6.61 Å². The Hall–Kier alpha value is -3.41. The highest BCUT2D eigenvalue weighted by Crippen LogP contribution is 2.21. The van der Waals surface area contributed by atoms with E-state index in [9.17, 15) is 14.4 Å². The Labute approximate surface area is 169 Å². The number of carbonyl (C=O) groups excluding carboxylic acids is 3. The van der Waals surface area contributed by atoms with E-state index >= 15 is 0 Å². The number of Topliss-reactive ketones (excluding diaryl/α,β-unsaturated/α-hetero) is 1. The molecule has 0 aliphatic carbocycles. The molecule has 1 atom stereocenters. The topological polar surface area (TPSA) is 88.3 Å². The second-order valence-electron chi connectivity index (χ2n) is 7.22. The molecule has 0 saturated heterocycles. The van der Waals surface area contributed by atoms with Crippen molar-refractivity contribution in [2.24, 2.45) is 0 Å². The van der Waals surface area contributed by atoms with E-state index in [2.05, 4.69) is 10.3 Å². The average molecular weight is 392 g/mol. The number of aryl methyl sites for hydroxylation is 2. The molecule has 1 heterocycles. The predicted octanol–water partition coefficient (Wildman–Crippen LogP) is 3.26. The first-order valence-electron chi connectivity index (χ1n) is 9.44. The molecule has 2 aromatic carbocycles. The first kappa shape index (κ1) is 20.3. The van der Waals surface area contributed by atoms with Gasteiger partial charge in [-0.2, -0.15) is 0 Å². The number of nitrogens with one attached hydrogen (secondary N) is 2. The molecule has 3 rings (SSSR count). The Balaban J connectivity index is 1.60. The summed E-state index contributed by atoms with van der Waals surface area (Å²) in [7, 11) is 0. The summed E-state index contributed by atoms with van der Waals surface area (Å²) in [5.74, 6) is -1.29. The van der Waals surface area contributed by atoms with Gasteiger partial charge in [-0.05, 0) is 56.0 Å². The Morgan fingerprint density at radius 1 is 1.07 bits per heavy atom. The minimum atomic E-state index is -0.665. The van der Waals surface area contributed by atoms with Crippen LogP contribution in [0.1, 0.15) is 34.1 Å². The van der Waals surface area contributed by atoms with E-state index in [0.29, 0.717) is 6.42 Å². The van der Waals surface area contributed by atoms with Gasteiger partial charge in [-0.3, -0.25) is 9.59 Å². The number of hydrogen-bond acceptors (Lipinski definition) is 4. The van der Waals surface area contributed by atoms with Crippen LogP contribution >= 0.6 is 0 Å². The predicted molar refractivity (Wildman–Crippen MR) is 111 cm³/mol. The normalized spacial score (nSPS) is 11.8. The maximum atomic E-state index is 12.3. The molecule has 0 fully saturated rings. The number of carbonyl (C=O) groups is 3. The minimum absolute atomic E-state index is 0.157. The van der Waals surface area contributed by atoms with Crippen molar-refractivity contribution >= 4 is 28.6 Å². The quantitative estimate of drug-likeness (QED) is 0.604. The van der Waals surface area contributed by atoms with Gasteiger partial charge in [0.25, 0.3) is 5.91 Å². The van der Waals surface area contributed by atoms with E-state index in [1.165, 1.54) is 6.92 Å². The summed E-state index contributed by atoms with van der Waals surface area (Å²) in [5.41, 5.74) is 4.21. The van der Waals surface area contributed by atoms with Crippen LogP contribution in [0.5, 0.6) is 0 Å². The molecule has 2 N–H and O–H groups in total. The van der Waals surface area contributed by atoms with E-state index in [1.54, 1.807) is 6.07 Å². The number of amides is 1. The number of fused-ring (bicyclic) bond motifs is 1. The third-order valence-electron chi connectivity index (χ3n) is 4.75. The second-order valence-corrected chi connectivity index (χ2v) is 7.22. The van der Waals surface area contributed by atoms with Crippen molar-refractivity contribution in [1.82, 2.24) is 10.3 Å². The van der Waals surface area contributed by atoms with Gasteiger partial charge in [-0.1, -0.05) is 36.4 Å². The lowest BCUT2D eigenvalue weighted by molar-refractivity contribution is -0.128. The summed E-state index contributed by atoms with van der Waals surface area (Å²) in [4.78, 5) is 39.4. The lowest BCUT2D eigenvalue weighted by atomic mass is 10.0. The molecule has 0 bridgehead atoms. The number of ketones is 1. The zero-order valence-corrected chi connectivity index (χ0v) is 16.7. The van der Waals surface area contributed by atoms with Crippen LogP contribution in [0.4, 0.5) is 0 Å². The Kier molecular flexibility index (Phi) is 6.12. The molecule has 1 amide bonds. The van der Waals surface area contributed by atoms with Crippen molar-refractivity contribution in [1.29, 1.82) is 0 Å². The van der Waals surface area contributed by atoms with Crippen LogP contribution in [0.3, 0.4) is 0 Å². The van der Waals surface area contributed by atoms with Gasteiger partial charge < -0.3 is 15.0 Å². The molecule has 0 aliphatic heterocycles. The summed E-state index contributed by atoms with van der Waals surface area (Å²) in [6.45, 7) is 4.93. The lowest BCUT2D eigenvalue weighted by Crippen LogP contribution is -2.43. The highest BCUT2D eigenvalue weighted by Gasteiger charge is 2.19. The van der Waals surface area contributed by atoms with E-state index in [1.807, 2.05) is 56.3 Å². The summed E-state index contributed by atoms with van der Waals surface area (Å²) in [6, 6.07) is 14.5. The van der Waals surface area contributed by atoms with Gasteiger partial charge in [0.1, 0.15) is 5.69 Å². The lowest BCUT2D eigenvalue weighted by Gasteiger charge is -2.16. The zero-order chi connectivity index (χ0) is 21.0. The SMILES string of the molecule is CC(=O)C(Cc1ccccc1)NC(=O)COC(=O)c1cc2c(C)cc(C)cc2[nH]1. The number of H-pyrrole nitrogens is 1. The first-order valence-corrected chi connectivity index (χ1v) is 9.44. The van der Waals surface area contributed by atoms with Crippen LogP contribution in [0.25, 0.3) is 10.9 Å². The fraction of sp³-hybridized carbons (Fsp3) is 0.261. The Morgan fingerprint density at radius 3 is 2.48 bits per heavy atom. The smallest absolute Gasteiger partial charge is 0.355 e. The molecular formula is C23H24N2O4. The summed E-state index contributed by atoms with van der Waals surface area (Å²) in [5, 5.41) is 3.58. The van der Waals surface area contributed by atoms with Crippen molar-refractivity contribution in [2.45, 2.75) is 33.2 Å². The molecule has 6 nitrogen and oxygen atoms in total. The maximum Gasteiger partial charge on any atom is 0.355 e. The van der Waals surface area contributed by atoms with Gasteiger partial charge in [0.2, 0.25) is 0 Å². The van der Waals surface area contributed by atoms with Crippen molar-refractivity contribution in [3.8, 4) is 0 Å². The molecule has 150 valence electrons. The fourth-order valence-corrected chi connectivity index (χ4v) is 3.30. The standard InChI is InChI=1S/C23H24N2O4/c1-14-9-15(2)18-12-21(24-20(18)10-14)23(28)29-13-22(27)25-19(16(3)26)11-17-7-5-4-6-8-17/h4-10,12,19,24H,11,13H2,1-3H3,(H,25,27). The molecule has 1 aromatic heterocycles. The van der Waals surface area contributed by atoms with Crippen LogP contribution in [0.15, 0.2) is 48.5 Å². The fourth-order valence-electron chi connectivity index (χ4n) is 3.30. The zero-order valence-electron chi connectivity index (χ0n) is 16.7. The van der Waals surface area contributed by atoms with Crippen LogP contribution in [-0.4, -0.2) is 35.3 Å². The van der Waals surface area contributed by atoms with Crippen LogP contribution in [-0.2, 0) is 20.7 Å².